The molecule has 0 unspecified atom stereocenters. The summed E-state index contributed by atoms with van der Waals surface area (Å²) in [7, 11) is 0. The molecule has 5 rings (SSSR count). The van der Waals surface area contributed by atoms with Crippen molar-refractivity contribution in [1.29, 1.82) is 0 Å². The number of hydrogen-bond donors (Lipinski definition) is 1. The minimum Gasteiger partial charge on any atom is -0.512 e. The Labute approximate surface area is 248 Å². The van der Waals surface area contributed by atoms with Gasteiger partial charge in [-0.1, -0.05) is 65.8 Å². The first-order valence-corrected chi connectivity index (χ1v) is 14.4. The third kappa shape index (κ3) is 7.89. The van der Waals surface area contributed by atoms with Crippen LogP contribution in [0.25, 0.3) is 22.2 Å². The molecular formula is C35H44IrNO2-. The molecule has 2 aliphatic rings. The number of carbonyl (C=O) groups is 1. The van der Waals surface area contributed by atoms with Crippen LogP contribution in [0.4, 0.5) is 0 Å². The Morgan fingerprint density at radius 1 is 1.05 bits per heavy atom. The number of para-hydroxylation sites is 1. The maximum Gasteiger partial charge on any atom is 0.159 e. The molecule has 2 saturated carbocycles. The number of ketones is 1. The van der Waals surface area contributed by atoms with Crippen molar-refractivity contribution in [3.8, 4) is 11.3 Å². The fourth-order valence-electron chi connectivity index (χ4n) is 6.48. The van der Waals surface area contributed by atoms with Crippen molar-refractivity contribution in [3.63, 3.8) is 0 Å². The summed E-state index contributed by atoms with van der Waals surface area (Å²) in [6, 6.07) is 19.0. The zero-order chi connectivity index (χ0) is 27.4. The molecular weight excluding hydrogens is 659 g/mol. The molecule has 1 N–H and O–H groups in total. The summed E-state index contributed by atoms with van der Waals surface area (Å²) >= 11 is 0. The molecule has 1 radical (unpaired) electrons. The van der Waals surface area contributed by atoms with Crippen LogP contribution in [0.1, 0.15) is 89.3 Å². The molecule has 1 aromatic heterocycles. The van der Waals surface area contributed by atoms with Crippen molar-refractivity contribution in [2.24, 2.45) is 17.8 Å². The topological polar surface area (TPSA) is 50.2 Å². The summed E-state index contributed by atoms with van der Waals surface area (Å²) < 4.78 is 0. The third-order valence-electron chi connectivity index (χ3n) is 8.01. The standard InChI is InChI=1S/C24H24N.C11H20O2.Ir/c1-16-11-17(2)13-19(12-16)23-14-21(20-5-3-4-6-22(20)25-23)24-9-7-18(15-24)8-10-24;1-8(2)5-10(12)7-11(13)6-9(3)4;/h3-6,11-12,14,18H,7-10,15H2,1-2H3;7-9,12H,5-6H2,1-4H3;/q-1;;/b;10-7-;. The van der Waals surface area contributed by atoms with E-state index >= 15 is 0 Å². The van der Waals surface area contributed by atoms with Crippen LogP contribution in [0.5, 0.6) is 0 Å². The van der Waals surface area contributed by atoms with Crippen LogP contribution in [0.15, 0.2) is 54.3 Å². The van der Waals surface area contributed by atoms with Gasteiger partial charge in [0.2, 0.25) is 0 Å². The van der Waals surface area contributed by atoms with Gasteiger partial charge >= 0.3 is 0 Å². The van der Waals surface area contributed by atoms with Gasteiger partial charge < -0.3 is 5.11 Å². The van der Waals surface area contributed by atoms with Crippen molar-refractivity contribution < 1.29 is 30.0 Å². The normalized spacial score (nSPS) is 20.2. The number of aliphatic hydroxyl groups excluding tert-OH is 1. The third-order valence-corrected chi connectivity index (χ3v) is 8.01. The number of fused-ring (bicyclic) bond motifs is 3. The van der Waals surface area contributed by atoms with Gasteiger partial charge in [-0.3, -0.25) is 9.78 Å². The molecule has 2 aliphatic carbocycles. The molecule has 0 spiro atoms. The van der Waals surface area contributed by atoms with E-state index in [1.165, 1.54) is 54.7 Å². The molecule has 3 nitrogen and oxygen atoms in total. The number of carbonyl (C=O) groups excluding carboxylic acids is 1. The van der Waals surface area contributed by atoms with Gasteiger partial charge in [0.05, 0.1) is 11.3 Å². The van der Waals surface area contributed by atoms with Crippen LogP contribution in [0, 0.1) is 37.7 Å². The monoisotopic (exact) mass is 703 g/mol. The van der Waals surface area contributed by atoms with E-state index in [1.54, 1.807) is 5.56 Å². The molecule has 2 bridgehead atoms. The molecule has 211 valence electrons. The quantitative estimate of drug-likeness (QED) is 0.152. The van der Waals surface area contributed by atoms with Crippen LogP contribution in [0.3, 0.4) is 0 Å². The number of aliphatic hydroxyl groups is 1. The summed E-state index contributed by atoms with van der Waals surface area (Å²) in [5.41, 5.74) is 7.75. The Morgan fingerprint density at radius 2 is 1.72 bits per heavy atom. The summed E-state index contributed by atoms with van der Waals surface area (Å²) in [4.78, 5) is 16.2. The largest absolute Gasteiger partial charge is 0.512 e. The van der Waals surface area contributed by atoms with Crippen LogP contribution >= 0.6 is 0 Å². The SMILES string of the molecule is CC(C)CC(=O)/C=C(\O)CC(C)C.Cc1[c-]c(-c2cc(C34CCC(CC3)C4)c3ccccc3n2)cc(C)c1.[Ir]. The van der Waals surface area contributed by atoms with Gasteiger partial charge in [-0.2, -0.15) is 0 Å². The minimum absolute atomic E-state index is 0. The van der Waals surface area contributed by atoms with Crippen molar-refractivity contribution in [3.05, 3.63) is 77.1 Å². The maximum absolute atomic E-state index is 11.2. The minimum atomic E-state index is 0. The molecule has 1 heterocycles. The van der Waals surface area contributed by atoms with E-state index in [1.807, 2.05) is 27.7 Å². The molecule has 0 amide bonds. The number of allylic oxidation sites excluding steroid dienone is 2. The van der Waals surface area contributed by atoms with Gasteiger partial charge in [-0.05, 0) is 72.6 Å². The van der Waals surface area contributed by atoms with Gasteiger partial charge in [-0.25, -0.2) is 0 Å². The van der Waals surface area contributed by atoms with E-state index in [2.05, 4.69) is 62.4 Å². The van der Waals surface area contributed by atoms with Crippen molar-refractivity contribution in [1.82, 2.24) is 4.98 Å². The first kappa shape index (κ1) is 31.2. The van der Waals surface area contributed by atoms with E-state index in [-0.39, 0.29) is 31.6 Å². The van der Waals surface area contributed by atoms with E-state index in [0.717, 1.165) is 22.7 Å². The second-order valence-electron chi connectivity index (χ2n) is 12.6. The Balaban J connectivity index is 0.000000260. The Hall–Kier alpha value is -2.29. The zero-order valence-electron chi connectivity index (χ0n) is 24.4. The molecule has 0 saturated heterocycles. The fraction of sp³-hybridized carbons (Fsp3) is 0.486. The van der Waals surface area contributed by atoms with Gasteiger partial charge in [0, 0.05) is 44.4 Å². The second-order valence-corrected chi connectivity index (χ2v) is 12.6. The fourth-order valence-corrected chi connectivity index (χ4v) is 6.48. The predicted octanol–water partition coefficient (Wildman–Crippen LogP) is 9.24. The van der Waals surface area contributed by atoms with Gasteiger partial charge in [0.25, 0.3) is 0 Å². The van der Waals surface area contributed by atoms with E-state index in [9.17, 15) is 9.90 Å². The molecule has 2 aromatic carbocycles. The Kier molecular flexibility index (Phi) is 10.7. The number of rotatable bonds is 7. The molecule has 4 heteroatoms. The maximum atomic E-state index is 11.2. The number of aryl methyl sites for hydroxylation is 2. The smallest absolute Gasteiger partial charge is 0.159 e. The number of hydrogen-bond acceptors (Lipinski definition) is 3. The average molecular weight is 703 g/mol. The summed E-state index contributed by atoms with van der Waals surface area (Å²) in [6.45, 7) is 12.3. The molecule has 2 fully saturated rings. The number of pyridine rings is 1. The molecule has 0 atom stereocenters. The van der Waals surface area contributed by atoms with E-state index < -0.39 is 0 Å². The van der Waals surface area contributed by atoms with Crippen molar-refractivity contribution in [2.75, 3.05) is 0 Å². The van der Waals surface area contributed by atoms with Gasteiger partial charge in [0.15, 0.2) is 5.78 Å². The van der Waals surface area contributed by atoms with Crippen LogP contribution in [-0.4, -0.2) is 15.9 Å². The van der Waals surface area contributed by atoms with Crippen molar-refractivity contribution >= 4 is 16.7 Å². The average Bonchev–Trinajstić information content (AvgIpc) is 3.44. The predicted molar refractivity (Wildman–Crippen MR) is 158 cm³/mol. The Bertz CT molecular complexity index is 1300. The van der Waals surface area contributed by atoms with Gasteiger partial charge in [0.1, 0.15) is 0 Å². The molecule has 39 heavy (non-hydrogen) atoms. The summed E-state index contributed by atoms with van der Waals surface area (Å²) in [6.07, 6.45) is 9.34. The van der Waals surface area contributed by atoms with Crippen LogP contribution in [0.2, 0.25) is 0 Å². The van der Waals surface area contributed by atoms with Crippen LogP contribution < -0.4 is 0 Å². The Morgan fingerprint density at radius 3 is 2.31 bits per heavy atom. The molecule has 3 aromatic rings. The van der Waals surface area contributed by atoms with Crippen molar-refractivity contribution in [2.45, 2.75) is 91.9 Å². The van der Waals surface area contributed by atoms with E-state index in [0.29, 0.717) is 30.1 Å². The first-order chi connectivity index (χ1) is 18.0. The molecule has 0 aliphatic heterocycles. The van der Waals surface area contributed by atoms with Gasteiger partial charge in [-0.15, -0.1) is 34.9 Å². The first-order valence-electron chi connectivity index (χ1n) is 14.4. The van der Waals surface area contributed by atoms with E-state index in [4.69, 9.17) is 4.98 Å². The summed E-state index contributed by atoms with van der Waals surface area (Å²) in [5.74, 6) is 1.93. The number of aromatic nitrogens is 1. The summed E-state index contributed by atoms with van der Waals surface area (Å²) in [5, 5.41) is 10.7. The second kappa shape index (κ2) is 13.4. The number of nitrogens with zero attached hydrogens (tertiary/aromatic N) is 1. The zero-order valence-corrected chi connectivity index (χ0v) is 26.8. The van der Waals surface area contributed by atoms with Crippen LogP contribution in [-0.2, 0) is 30.3 Å². The number of benzene rings is 2.